The van der Waals surface area contributed by atoms with Crippen LogP contribution < -0.4 is 9.30 Å². The molecule has 0 amide bonds. The molecule has 2 nitrogen and oxygen atoms in total. The van der Waals surface area contributed by atoms with Crippen LogP contribution in [0.1, 0.15) is 0 Å². The molecule has 0 bridgehead atoms. The van der Waals surface area contributed by atoms with Gasteiger partial charge < -0.3 is 9.30 Å². The van der Waals surface area contributed by atoms with Crippen LogP contribution in [0.4, 0.5) is 0 Å². The molecule has 2 heterocycles. The predicted molar refractivity (Wildman–Crippen MR) is 127 cm³/mol. The molecular weight excluding hydrogens is 519 g/mol. The normalized spacial score (nSPS) is 30.6. The Morgan fingerprint density at radius 3 is 0.926 bits per heavy atom. The fourth-order valence-electron chi connectivity index (χ4n) is 4.85. The second kappa shape index (κ2) is 9.40. The van der Waals surface area contributed by atoms with Gasteiger partial charge in [0.25, 0.3) is 0 Å². The van der Waals surface area contributed by atoms with Crippen LogP contribution in [0.5, 0.6) is 0 Å². The van der Waals surface area contributed by atoms with Crippen LogP contribution in [-0.4, -0.2) is 32.9 Å². The first kappa shape index (κ1) is 25.5. The molecule has 2 saturated carbocycles. The molecule has 0 aromatic heterocycles. The molecule has 0 aromatic rings. The Bertz CT molecular complexity index is 436. The van der Waals surface area contributed by atoms with Crippen molar-refractivity contribution in [3.8, 4) is 0 Å². The van der Waals surface area contributed by atoms with E-state index in [2.05, 4.69) is 100 Å². The van der Waals surface area contributed by atoms with E-state index in [4.69, 9.17) is 17.0 Å². The molecule has 0 aromatic carbocycles. The summed E-state index contributed by atoms with van der Waals surface area (Å²) in [4.78, 5) is 0. The van der Waals surface area contributed by atoms with Crippen molar-refractivity contribution < 1.29 is 20.8 Å². The Morgan fingerprint density at radius 2 is 0.741 bits per heavy atom. The first-order valence-electron chi connectivity index (χ1n) is 9.37. The van der Waals surface area contributed by atoms with Gasteiger partial charge in [-0.2, -0.15) is 0 Å². The third-order valence-electron chi connectivity index (χ3n) is 5.58. The SMILES string of the molecule is C[Si]1(C)N[Si](C)(C)[C]2[CH][CH][CH][C]21.C[Si]1(C)N[Si](C)(C)[C]2[CH][CH][CH][C]21.[Cl][Zr+2][Cl]. The van der Waals surface area contributed by atoms with Gasteiger partial charge in [0, 0.05) is 0 Å². The fraction of sp³-hybridized carbons (Fsp3) is 0.444. The fourth-order valence-corrected chi connectivity index (χ4v) is 28.3. The zero-order valence-electron chi connectivity index (χ0n) is 17.7. The summed E-state index contributed by atoms with van der Waals surface area (Å²) in [7, 11) is 4.94. The van der Waals surface area contributed by atoms with Crippen LogP contribution in [0.15, 0.2) is 0 Å². The molecule has 146 valence electrons. The minimum absolute atomic E-state index is 0.826. The first-order valence-corrected chi connectivity index (χ1v) is 27.7. The van der Waals surface area contributed by atoms with E-state index in [-0.39, 0.29) is 0 Å². The number of nitrogens with one attached hydrogen (secondary N) is 2. The van der Waals surface area contributed by atoms with Crippen LogP contribution in [0.25, 0.3) is 0 Å². The maximum atomic E-state index is 4.93. The van der Waals surface area contributed by atoms with E-state index in [0.29, 0.717) is 0 Å². The van der Waals surface area contributed by atoms with Crippen LogP contribution in [-0.2, 0) is 20.8 Å². The summed E-state index contributed by atoms with van der Waals surface area (Å²) in [6, 6.07) is 0. The number of halogens is 2. The molecular formula is C18H32Cl2N2Si4Zr+2. The quantitative estimate of drug-likeness (QED) is 0.411. The van der Waals surface area contributed by atoms with Crippen LogP contribution in [0.2, 0.25) is 52.4 Å². The van der Waals surface area contributed by atoms with Crippen molar-refractivity contribution >= 4 is 50.0 Å². The molecule has 4 aliphatic rings. The van der Waals surface area contributed by atoms with E-state index in [1.54, 1.807) is 22.2 Å². The summed E-state index contributed by atoms with van der Waals surface area (Å²) in [6.45, 7) is 19.3. The minimum atomic E-state index is -1.23. The summed E-state index contributed by atoms with van der Waals surface area (Å²) in [5, 5.41) is 0. The third-order valence-corrected chi connectivity index (χ3v) is 23.2. The second-order valence-electron chi connectivity index (χ2n) is 9.53. The van der Waals surface area contributed by atoms with Crippen molar-refractivity contribution in [2.24, 2.45) is 0 Å². The Kier molecular flexibility index (Phi) is 8.88. The maximum absolute atomic E-state index is 4.93. The summed E-state index contributed by atoms with van der Waals surface area (Å²) in [6.07, 6.45) is 13.7. The van der Waals surface area contributed by atoms with Gasteiger partial charge in [0.05, 0.1) is 0 Å². The monoisotopic (exact) mass is 548 g/mol. The van der Waals surface area contributed by atoms with Crippen LogP contribution >= 0.6 is 17.0 Å². The molecule has 27 heavy (non-hydrogen) atoms. The number of hydrogen-bond acceptors (Lipinski definition) is 2. The third kappa shape index (κ3) is 5.74. The van der Waals surface area contributed by atoms with E-state index < -0.39 is 53.8 Å². The Balaban J connectivity index is 0.000000170. The van der Waals surface area contributed by atoms with Crippen molar-refractivity contribution in [2.75, 3.05) is 0 Å². The van der Waals surface area contributed by atoms with Crippen LogP contribution in [0, 0.1) is 60.7 Å². The molecule has 0 spiro atoms. The van der Waals surface area contributed by atoms with E-state index in [0.717, 1.165) is 0 Å². The summed E-state index contributed by atoms with van der Waals surface area (Å²) in [5.74, 6) is 0. The van der Waals surface area contributed by atoms with Crippen molar-refractivity contribution in [3.63, 3.8) is 0 Å². The molecule has 4 fully saturated rings. The molecule has 4 rings (SSSR count). The Hall–Kier alpha value is 2.25. The van der Waals surface area contributed by atoms with Gasteiger partial charge in [0.15, 0.2) is 0 Å². The van der Waals surface area contributed by atoms with Gasteiger partial charge in [-0.05, 0) is 60.7 Å². The Morgan fingerprint density at radius 1 is 0.556 bits per heavy atom. The predicted octanol–water partition coefficient (Wildman–Crippen LogP) is 5.08. The summed E-state index contributed by atoms with van der Waals surface area (Å²) >= 11 is -0.826. The van der Waals surface area contributed by atoms with Crippen molar-refractivity contribution in [1.82, 2.24) is 9.30 Å². The second-order valence-corrected chi connectivity index (χ2v) is 30.4. The molecule has 9 heteroatoms. The van der Waals surface area contributed by atoms with Crippen molar-refractivity contribution in [2.45, 2.75) is 52.4 Å². The molecule has 2 N–H and O–H groups in total. The van der Waals surface area contributed by atoms with Gasteiger partial charge in [-0.25, -0.2) is 0 Å². The van der Waals surface area contributed by atoms with Gasteiger partial charge in [0.2, 0.25) is 0 Å². The average Bonchev–Trinajstić information content (AvgIpc) is 3.21. The van der Waals surface area contributed by atoms with Gasteiger partial charge in [-0.1, -0.05) is 52.4 Å². The summed E-state index contributed by atoms with van der Waals surface area (Å²) < 4.78 is 7.79. The van der Waals surface area contributed by atoms with E-state index in [9.17, 15) is 0 Å². The molecule has 10 radical (unpaired) electrons. The number of rotatable bonds is 0. The Labute approximate surface area is 191 Å². The van der Waals surface area contributed by atoms with Gasteiger partial charge in [0.1, 0.15) is 32.9 Å². The zero-order valence-corrected chi connectivity index (χ0v) is 25.7. The van der Waals surface area contributed by atoms with E-state index in [1.165, 1.54) is 0 Å². The standard InChI is InChI=1S/2C9H16NSi2.2ClH.Zr/c2*1-11(2)8-6-5-7-9(8)12(3,4)10-11;;;/h2*5-7,10H,1-4H3;2*1H;/q;;;;+4/p-2. The van der Waals surface area contributed by atoms with Crippen LogP contribution in [0.3, 0.4) is 0 Å². The summed E-state index contributed by atoms with van der Waals surface area (Å²) in [5.41, 5.74) is 6.61. The number of hydrogen-bond donors (Lipinski definition) is 2. The van der Waals surface area contributed by atoms with Crippen molar-refractivity contribution in [3.05, 3.63) is 60.7 Å². The van der Waals surface area contributed by atoms with Gasteiger partial charge >= 0.3 is 37.9 Å². The molecule has 0 atom stereocenters. The van der Waals surface area contributed by atoms with Crippen molar-refractivity contribution in [1.29, 1.82) is 0 Å². The number of fused-ring (bicyclic) bond motifs is 2. The molecule has 2 saturated heterocycles. The van der Waals surface area contributed by atoms with E-state index >= 15 is 0 Å². The van der Waals surface area contributed by atoms with E-state index in [1.807, 2.05) is 0 Å². The topological polar surface area (TPSA) is 24.1 Å². The van der Waals surface area contributed by atoms with Gasteiger partial charge in [-0.15, -0.1) is 0 Å². The molecule has 2 aliphatic carbocycles. The zero-order chi connectivity index (χ0) is 20.7. The first-order chi connectivity index (χ1) is 12.3. The average molecular weight is 551 g/mol. The van der Waals surface area contributed by atoms with Gasteiger partial charge in [-0.3, -0.25) is 0 Å². The molecule has 2 aliphatic heterocycles. The molecule has 0 unspecified atom stereocenters.